The van der Waals surface area contributed by atoms with Crippen LogP contribution in [0.2, 0.25) is 0 Å². The molecule has 98 valence electrons. The van der Waals surface area contributed by atoms with Crippen molar-refractivity contribution in [3.05, 3.63) is 30.1 Å². The predicted octanol–water partition coefficient (Wildman–Crippen LogP) is 2.11. The van der Waals surface area contributed by atoms with Gasteiger partial charge in [0.15, 0.2) is 0 Å². The van der Waals surface area contributed by atoms with Crippen LogP contribution in [0.3, 0.4) is 0 Å². The van der Waals surface area contributed by atoms with E-state index in [2.05, 4.69) is 4.98 Å². The molecule has 4 heteroatoms. The van der Waals surface area contributed by atoms with Crippen molar-refractivity contribution in [1.29, 1.82) is 0 Å². The number of carbonyl (C=O) groups excluding carboxylic acids is 1. The normalized spacial score (nSPS) is 15.8. The van der Waals surface area contributed by atoms with Crippen LogP contribution in [0.25, 0.3) is 0 Å². The molecule has 0 saturated heterocycles. The Morgan fingerprint density at radius 2 is 2.22 bits per heavy atom. The molecule has 1 amide bonds. The number of amides is 1. The third-order valence-electron chi connectivity index (χ3n) is 3.45. The predicted molar refractivity (Wildman–Crippen MR) is 69.4 cm³/mol. The molecule has 0 radical (unpaired) electrons. The lowest BCUT2D eigenvalue weighted by atomic mass is 10.2. The van der Waals surface area contributed by atoms with E-state index < -0.39 is 0 Å². The van der Waals surface area contributed by atoms with E-state index in [1.807, 2.05) is 17.0 Å². The van der Waals surface area contributed by atoms with Crippen LogP contribution in [0.4, 0.5) is 0 Å². The zero-order chi connectivity index (χ0) is 12.8. The van der Waals surface area contributed by atoms with Crippen molar-refractivity contribution in [2.75, 3.05) is 20.3 Å². The highest BCUT2D eigenvalue weighted by molar-refractivity contribution is 5.92. The van der Waals surface area contributed by atoms with Gasteiger partial charge in [-0.3, -0.25) is 9.78 Å². The molecule has 1 saturated carbocycles. The molecule has 1 aromatic heterocycles. The average Bonchev–Trinajstić information content (AvgIpc) is 2.94. The van der Waals surface area contributed by atoms with Crippen LogP contribution in [0.1, 0.15) is 36.2 Å². The summed E-state index contributed by atoms with van der Waals surface area (Å²) in [7, 11) is 1.66. The number of hydrogen-bond donors (Lipinski definition) is 0. The topological polar surface area (TPSA) is 42.4 Å². The maximum absolute atomic E-state index is 12.4. The summed E-state index contributed by atoms with van der Waals surface area (Å²) < 4.78 is 5.10. The van der Waals surface area contributed by atoms with Gasteiger partial charge in [0.2, 0.25) is 0 Å². The molecule has 0 N–H and O–H groups in total. The maximum atomic E-state index is 12.4. The smallest absolute Gasteiger partial charge is 0.272 e. The highest BCUT2D eigenvalue weighted by Crippen LogP contribution is 2.24. The Morgan fingerprint density at radius 3 is 2.83 bits per heavy atom. The zero-order valence-corrected chi connectivity index (χ0v) is 10.8. The Morgan fingerprint density at radius 1 is 1.44 bits per heavy atom. The summed E-state index contributed by atoms with van der Waals surface area (Å²) in [5.41, 5.74) is 0.528. The average molecular weight is 248 g/mol. The third-order valence-corrected chi connectivity index (χ3v) is 3.45. The molecule has 1 heterocycles. The maximum Gasteiger partial charge on any atom is 0.272 e. The van der Waals surface area contributed by atoms with Crippen molar-refractivity contribution in [1.82, 2.24) is 9.88 Å². The molecular formula is C14H20N2O2. The number of ether oxygens (including phenoxy) is 1. The Bertz CT molecular complexity index is 375. The summed E-state index contributed by atoms with van der Waals surface area (Å²) in [4.78, 5) is 18.5. The van der Waals surface area contributed by atoms with Gasteiger partial charge in [-0.2, -0.15) is 0 Å². The van der Waals surface area contributed by atoms with Gasteiger partial charge >= 0.3 is 0 Å². The van der Waals surface area contributed by atoms with Crippen molar-refractivity contribution in [3.8, 4) is 0 Å². The minimum Gasteiger partial charge on any atom is -0.383 e. The summed E-state index contributed by atoms with van der Waals surface area (Å²) in [6.07, 6.45) is 6.29. The molecule has 0 spiro atoms. The van der Waals surface area contributed by atoms with E-state index in [9.17, 15) is 4.79 Å². The van der Waals surface area contributed by atoms with E-state index in [4.69, 9.17) is 4.74 Å². The third kappa shape index (κ3) is 3.07. The molecule has 0 aliphatic heterocycles. The first-order valence-corrected chi connectivity index (χ1v) is 6.54. The lowest BCUT2D eigenvalue weighted by Gasteiger charge is -2.28. The Hall–Kier alpha value is -1.42. The van der Waals surface area contributed by atoms with Crippen LogP contribution in [-0.2, 0) is 4.74 Å². The Labute approximate surface area is 108 Å². The van der Waals surface area contributed by atoms with Gasteiger partial charge in [0.05, 0.1) is 6.61 Å². The number of nitrogens with zero attached hydrogens (tertiary/aromatic N) is 2. The summed E-state index contributed by atoms with van der Waals surface area (Å²) in [6.45, 7) is 1.23. The van der Waals surface area contributed by atoms with Crippen LogP contribution in [0, 0.1) is 0 Å². The van der Waals surface area contributed by atoms with Gasteiger partial charge in [-0.05, 0) is 25.0 Å². The molecule has 4 nitrogen and oxygen atoms in total. The van der Waals surface area contributed by atoms with Crippen LogP contribution in [0.15, 0.2) is 24.4 Å². The van der Waals surface area contributed by atoms with Crippen LogP contribution >= 0.6 is 0 Å². The van der Waals surface area contributed by atoms with E-state index in [-0.39, 0.29) is 5.91 Å². The minimum atomic E-state index is 0.0274. The highest BCUT2D eigenvalue weighted by Gasteiger charge is 2.27. The fraction of sp³-hybridized carbons (Fsp3) is 0.571. The standard InChI is InChI=1S/C14H20N2O2/c1-18-11-10-16(12-6-2-3-7-12)14(17)13-8-4-5-9-15-13/h4-5,8-9,12H,2-3,6-7,10-11H2,1H3. The number of methoxy groups -OCH3 is 1. The Kier molecular flexibility index (Phi) is 4.70. The van der Waals surface area contributed by atoms with Gasteiger partial charge in [-0.1, -0.05) is 18.9 Å². The number of aromatic nitrogens is 1. The summed E-state index contributed by atoms with van der Waals surface area (Å²) in [5, 5.41) is 0. The second-order valence-corrected chi connectivity index (χ2v) is 4.64. The number of hydrogen-bond acceptors (Lipinski definition) is 3. The fourth-order valence-electron chi connectivity index (χ4n) is 2.49. The Balaban J connectivity index is 2.09. The molecule has 2 rings (SSSR count). The molecule has 0 aromatic carbocycles. The lowest BCUT2D eigenvalue weighted by Crippen LogP contribution is -2.41. The van der Waals surface area contributed by atoms with Gasteiger partial charge in [-0.25, -0.2) is 0 Å². The molecule has 1 aromatic rings. The lowest BCUT2D eigenvalue weighted by molar-refractivity contribution is 0.0600. The van der Waals surface area contributed by atoms with Gasteiger partial charge in [-0.15, -0.1) is 0 Å². The van der Waals surface area contributed by atoms with Crippen LogP contribution < -0.4 is 0 Å². The van der Waals surface area contributed by atoms with Crippen molar-refractivity contribution >= 4 is 5.91 Å². The monoisotopic (exact) mass is 248 g/mol. The number of rotatable bonds is 5. The molecular weight excluding hydrogens is 228 g/mol. The zero-order valence-electron chi connectivity index (χ0n) is 10.8. The molecule has 1 aliphatic rings. The first kappa shape index (κ1) is 13.0. The minimum absolute atomic E-state index is 0.0274. The van der Waals surface area contributed by atoms with Crippen molar-refractivity contribution < 1.29 is 9.53 Å². The van der Waals surface area contributed by atoms with Gasteiger partial charge < -0.3 is 9.64 Å². The molecule has 1 aliphatic carbocycles. The van der Waals surface area contributed by atoms with Gasteiger partial charge in [0.1, 0.15) is 5.69 Å². The molecule has 0 bridgehead atoms. The van der Waals surface area contributed by atoms with E-state index in [0.717, 1.165) is 12.8 Å². The SMILES string of the molecule is COCCN(C(=O)c1ccccn1)C1CCCC1. The molecule has 18 heavy (non-hydrogen) atoms. The highest BCUT2D eigenvalue weighted by atomic mass is 16.5. The van der Waals surface area contributed by atoms with Crippen molar-refractivity contribution in [2.45, 2.75) is 31.7 Å². The summed E-state index contributed by atoms with van der Waals surface area (Å²) in [6, 6.07) is 5.81. The second kappa shape index (κ2) is 6.50. The van der Waals surface area contributed by atoms with Crippen molar-refractivity contribution in [3.63, 3.8) is 0 Å². The summed E-state index contributed by atoms with van der Waals surface area (Å²) >= 11 is 0. The largest absolute Gasteiger partial charge is 0.383 e. The molecule has 0 atom stereocenters. The molecule has 1 fully saturated rings. The fourth-order valence-corrected chi connectivity index (χ4v) is 2.49. The van der Waals surface area contributed by atoms with Crippen LogP contribution in [0.5, 0.6) is 0 Å². The summed E-state index contributed by atoms with van der Waals surface area (Å²) in [5.74, 6) is 0.0274. The second-order valence-electron chi connectivity index (χ2n) is 4.64. The van der Waals surface area contributed by atoms with E-state index in [1.54, 1.807) is 19.4 Å². The number of carbonyl (C=O) groups is 1. The van der Waals surface area contributed by atoms with Crippen LogP contribution in [-0.4, -0.2) is 42.1 Å². The van der Waals surface area contributed by atoms with Gasteiger partial charge in [0, 0.05) is 25.9 Å². The first-order chi connectivity index (χ1) is 8.83. The molecule has 0 unspecified atom stereocenters. The van der Waals surface area contributed by atoms with E-state index >= 15 is 0 Å². The van der Waals surface area contributed by atoms with Crippen molar-refractivity contribution in [2.24, 2.45) is 0 Å². The quantitative estimate of drug-likeness (QED) is 0.801. The van der Waals surface area contributed by atoms with Gasteiger partial charge in [0.25, 0.3) is 5.91 Å². The first-order valence-electron chi connectivity index (χ1n) is 6.54. The number of pyridine rings is 1. The van der Waals surface area contributed by atoms with E-state index in [0.29, 0.717) is 24.9 Å². The van der Waals surface area contributed by atoms with E-state index in [1.165, 1.54) is 12.8 Å².